The van der Waals surface area contributed by atoms with E-state index in [0.717, 1.165) is 18.5 Å². The van der Waals surface area contributed by atoms with Crippen molar-refractivity contribution in [1.82, 2.24) is 4.90 Å². The molecular weight excluding hydrogens is 380 g/mol. The molecular formula is C20H22N2O3S2. The third kappa shape index (κ3) is 3.27. The molecule has 1 amide bonds. The van der Waals surface area contributed by atoms with Crippen LogP contribution in [0.25, 0.3) is 6.08 Å². The topological polar surface area (TPSA) is 49.9 Å². The minimum absolute atomic E-state index is 0.134. The Morgan fingerprint density at radius 1 is 1.37 bits per heavy atom. The van der Waals surface area contributed by atoms with E-state index in [2.05, 4.69) is 30.0 Å². The molecule has 0 spiro atoms. The number of rotatable bonds is 6. The number of thioether (sulfide) groups is 1. The van der Waals surface area contributed by atoms with Gasteiger partial charge in [-0.2, -0.15) is 0 Å². The van der Waals surface area contributed by atoms with Crippen LogP contribution in [0.4, 0.5) is 5.69 Å². The van der Waals surface area contributed by atoms with Gasteiger partial charge in [-0.05, 0) is 48.6 Å². The lowest BCUT2D eigenvalue weighted by Crippen LogP contribution is -2.31. The first-order valence-corrected chi connectivity index (χ1v) is 10.6. The van der Waals surface area contributed by atoms with Crippen LogP contribution in [-0.2, 0) is 14.3 Å². The predicted octanol–water partition coefficient (Wildman–Crippen LogP) is 3.88. The highest BCUT2D eigenvalue weighted by Crippen LogP contribution is 2.49. The Bertz CT molecular complexity index is 823. The zero-order valence-corrected chi connectivity index (χ0v) is 16.9. The first kappa shape index (κ1) is 18.5. The van der Waals surface area contributed by atoms with Crippen molar-refractivity contribution in [3.05, 3.63) is 34.2 Å². The maximum atomic E-state index is 12.5. The number of carbonyl (C=O) groups is 2. The number of hydrogen-bond acceptors (Lipinski definition) is 6. The predicted molar refractivity (Wildman–Crippen MR) is 111 cm³/mol. The monoisotopic (exact) mass is 402 g/mol. The molecule has 1 aliphatic carbocycles. The standard InChI is InChI=1S/C20H22N2O3S2/c1-2-8-21-16-5-3-4-14(16)15-9-13(6-7-17(15)21)10-18-19(24)22(11-25-12-23)20(26)27-18/h6-7,9-10,12,14,16H,2-5,8,11H2,1H3/b18-10+. The van der Waals surface area contributed by atoms with Gasteiger partial charge in [-0.15, -0.1) is 0 Å². The van der Waals surface area contributed by atoms with Crippen molar-refractivity contribution in [2.45, 2.75) is 44.6 Å². The highest BCUT2D eigenvalue weighted by molar-refractivity contribution is 8.26. The Morgan fingerprint density at radius 3 is 3.00 bits per heavy atom. The number of nitrogens with zero attached hydrogens (tertiary/aromatic N) is 2. The summed E-state index contributed by atoms with van der Waals surface area (Å²) in [6, 6.07) is 7.15. The summed E-state index contributed by atoms with van der Waals surface area (Å²) in [6.45, 7) is 3.52. The molecule has 3 aliphatic rings. The quantitative estimate of drug-likeness (QED) is 0.409. The number of amides is 1. The fourth-order valence-corrected chi connectivity index (χ4v) is 5.70. The van der Waals surface area contributed by atoms with Crippen LogP contribution < -0.4 is 4.90 Å². The van der Waals surface area contributed by atoms with Gasteiger partial charge in [0.1, 0.15) is 0 Å². The Labute approximate surface area is 168 Å². The van der Waals surface area contributed by atoms with Gasteiger partial charge in [0, 0.05) is 24.2 Å². The number of thiocarbonyl (C=S) groups is 1. The average molecular weight is 403 g/mol. The normalized spacial score (nSPS) is 25.3. The summed E-state index contributed by atoms with van der Waals surface area (Å²) in [5, 5.41) is 0. The highest BCUT2D eigenvalue weighted by atomic mass is 32.2. The number of anilines is 1. The minimum atomic E-state index is -0.210. The summed E-state index contributed by atoms with van der Waals surface area (Å²) in [5.41, 5.74) is 3.80. The molecule has 1 saturated carbocycles. The van der Waals surface area contributed by atoms with Crippen LogP contribution in [0.3, 0.4) is 0 Å². The Balaban J connectivity index is 1.61. The molecule has 142 valence electrons. The van der Waals surface area contributed by atoms with Gasteiger partial charge >= 0.3 is 0 Å². The summed E-state index contributed by atoms with van der Waals surface area (Å²) in [7, 11) is 0. The Kier molecular flexibility index (Phi) is 5.23. The van der Waals surface area contributed by atoms with Crippen LogP contribution >= 0.6 is 24.0 Å². The zero-order chi connectivity index (χ0) is 19.0. The van der Waals surface area contributed by atoms with Gasteiger partial charge in [0.05, 0.1) is 4.91 Å². The Morgan fingerprint density at radius 2 is 2.22 bits per heavy atom. The van der Waals surface area contributed by atoms with Crippen LogP contribution in [0.1, 0.15) is 49.7 Å². The highest BCUT2D eigenvalue weighted by Gasteiger charge is 2.41. The second-order valence-electron chi connectivity index (χ2n) is 7.12. The number of benzene rings is 1. The lowest BCUT2D eigenvalue weighted by Gasteiger charge is -2.26. The number of carbonyl (C=O) groups excluding carboxylic acids is 2. The molecule has 1 saturated heterocycles. The van der Waals surface area contributed by atoms with Crippen molar-refractivity contribution < 1.29 is 14.3 Å². The molecule has 2 atom stereocenters. The third-order valence-corrected chi connectivity index (χ3v) is 6.93. The van der Waals surface area contributed by atoms with E-state index < -0.39 is 0 Å². The van der Waals surface area contributed by atoms with Crippen molar-refractivity contribution in [3.8, 4) is 0 Å². The molecule has 5 nitrogen and oxygen atoms in total. The van der Waals surface area contributed by atoms with E-state index in [9.17, 15) is 9.59 Å². The van der Waals surface area contributed by atoms with Crippen LogP contribution in [-0.4, -0.2) is 40.9 Å². The van der Waals surface area contributed by atoms with E-state index in [1.165, 1.54) is 47.2 Å². The van der Waals surface area contributed by atoms with Crippen LogP contribution in [0.2, 0.25) is 0 Å². The maximum absolute atomic E-state index is 12.5. The van der Waals surface area contributed by atoms with Crippen molar-refractivity contribution in [2.24, 2.45) is 0 Å². The summed E-state index contributed by atoms with van der Waals surface area (Å²) in [6.07, 6.45) is 6.84. The Hall–Kier alpha value is -1.86. The summed E-state index contributed by atoms with van der Waals surface area (Å²) in [4.78, 5) is 27.4. The summed E-state index contributed by atoms with van der Waals surface area (Å²) < 4.78 is 5.11. The molecule has 2 aliphatic heterocycles. The summed E-state index contributed by atoms with van der Waals surface area (Å²) in [5.74, 6) is 0.397. The van der Waals surface area contributed by atoms with Gasteiger partial charge in [0.25, 0.3) is 12.4 Å². The molecule has 0 N–H and O–H groups in total. The average Bonchev–Trinajstić information content (AvgIpc) is 3.31. The van der Waals surface area contributed by atoms with E-state index in [1.807, 2.05) is 6.08 Å². The van der Waals surface area contributed by atoms with E-state index in [1.54, 1.807) is 0 Å². The second-order valence-corrected chi connectivity index (χ2v) is 8.79. The SMILES string of the molecule is CCCN1c2ccc(/C=C3/SC(=S)N(COC=O)C3=O)cc2C2CCCC21. The van der Waals surface area contributed by atoms with Gasteiger partial charge in [-0.25, -0.2) is 0 Å². The smallest absolute Gasteiger partial charge is 0.294 e. The van der Waals surface area contributed by atoms with Gasteiger partial charge < -0.3 is 9.64 Å². The maximum Gasteiger partial charge on any atom is 0.294 e. The molecule has 2 fully saturated rings. The molecule has 1 aromatic rings. The van der Waals surface area contributed by atoms with Crippen molar-refractivity contribution in [3.63, 3.8) is 0 Å². The molecule has 0 bridgehead atoms. The lowest BCUT2D eigenvalue weighted by atomic mass is 9.96. The van der Waals surface area contributed by atoms with E-state index in [0.29, 0.717) is 27.7 Å². The van der Waals surface area contributed by atoms with Crippen LogP contribution in [0.15, 0.2) is 23.1 Å². The third-order valence-electron chi connectivity index (χ3n) is 5.55. The molecule has 27 heavy (non-hydrogen) atoms. The number of fused-ring (bicyclic) bond motifs is 3. The van der Waals surface area contributed by atoms with E-state index in [4.69, 9.17) is 17.0 Å². The van der Waals surface area contributed by atoms with Crippen LogP contribution in [0, 0.1) is 0 Å². The van der Waals surface area contributed by atoms with Crippen molar-refractivity contribution >= 4 is 52.4 Å². The first-order chi connectivity index (χ1) is 13.1. The van der Waals surface area contributed by atoms with Gasteiger partial charge in [-0.3, -0.25) is 14.5 Å². The zero-order valence-electron chi connectivity index (χ0n) is 15.2. The number of ether oxygens (including phenoxy) is 1. The molecule has 7 heteroatoms. The van der Waals surface area contributed by atoms with Gasteiger partial charge in [0.2, 0.25) is 0 Å². The summed E-state index contributed by atoms with van der Waals surface area (Å²) >= 11 is 6.48. The van der Waals surface area contributed by atoms with E-state index >= 15 is 0 Å². The van der Waals surface area contributed by atoms with Crippen molar-refractivity contribution in [2.75, 3.05) is 18.2 Å². The molecule has 2 unspecified atom stereocenters. The fraction of sp³-hybridized carbons (Fsp3) is 0.450. The molecule has 0 radical (unpaired) electrons. The molecule has 4 rings (SSSR count). The molecule has 2 heterocycles. The van der Waals surface area contributed by atoms with Gasteiger partial charge in [-0.1, -0.05) is 43.4 Å². The number of hydrogen-bond donors (Lipinski definition) is 0. The van der Waals surface area contributed by atoms with Crippen LogP contribution in [0.5, 0.6) is 0 Å². The van der Waals surface area contributed by atoms with Crippen molar-refractivity contribution in [1.29, 1.82) is 0 Å². The van der Waals surface area contributed by atoms with E-state index in [-0.39, 0.29) is 12.6 Å². The first-order valence-electron chi connectivity index (χ1n) is 9.35. The second kappa shape index (κ2) is 7.64. The van der Waals surface area contributed by atoms with Gasteiger partial charge in [0.15, 0.2) is 11.1 Å². The molecule has 0 aromatic heterocycles. The molecule has 1 aromatic carbocycles. The largest absolute Gasteiger partial charge is 0.446 e. The fourth-order valence-electron chi connectivity index (χ4n) is 4.47. The minimum Gasteiger partial charge on any atom is -0.446 e. The lowest BCUT2D eigenvalue weighted by molar-refractivity contribution is -0.135.